The van der Waals surface area contributed by atoms with Crippen molar-refractivity contribution < 1.29 is 19.2 Å². The van der Waals surface area contributed by atoms with E-state index in [-0.39, 0.29) is 18.7 Å². The van der Waals surface area contributed by atoms with Crippen LogP contribution in [-0.2, 0) is 9.53 Å². The molecule has 1 heterocycles. The first-order valence-corrected chi connectivity index (χ1v) is 12.9. The summed E-state index contributed by atoms with van der Waals surface area (Å²) in [6.45, 7) is 1.89. The van der Waals surface area contributed by atoms with Crippen LogP contribution in [0.15, 0.2) is 100.0 Å². The van der Waals surface area contributed by atoms with Gasteiger partial charge in [0.25, 0.3) is 5.69 Å². The quantitative estimate of drug-likeness (QED) is 0.150. The number of hydrogen-bond donors (Lipinski definition) is 2. The summed E-state index contributed by atoms with van der Waals surface area (Å²) in [7, 11) is 0. The number of carbonyl (C=O) groups is 2. The highest BCUT2D eigenvalue weighted by Gasteiger charge is 2.19. The average molecular weight is 544 g/mol. The van der Waals surface area contributed by atoms with Crippen LogP contribution in [0.1, 0.15) is 30.5 Å². The number of nitrogens with one attached hydrogen (secondary N) is 2. The second kappa shape index (κ2) is 13.2. The molecule has 0 bridgehead atoms. The molecule has 39 heavy (non-hydrogen) atoms. The Morgan fingerprint density at radius 2 is 1.87 bits per heavy atom. The zero-order valence-corrected chi connectivity index (χ0v) is 21.8. The molecule has 11 heteroatoms. The Hall–Kier alpha value is -4.77. The number of nitro benzene ring substituents is 1. The third-order valence-corrected chi connectivity index (χ3v) is 6.67. The van der Waals surface area contributed by atoms with Crippen LogP contribution < -0.4 is 10.7 Å². The minimum Gasteiger partial charge on any atom is -0.450 e. The maximum absolute atomic E-state index is 12.6. The summed E-state index contributed by atoms with van der Waals surface area (Å²) in [5.74, 6) is -0.456. The lowest BCUT2D eigenvalue weighted by molar-refractivity contribution is -0.387. The standard InChI is InChI=1S/C28H25N5O5S/c1-2-38-28(35)31-22(20-8-4-3-5-9-20)17-26(34)32-30-18-19-13-14-24(23(16-19)33(36)37)39-25-12-6-10-21-11-7-15-29-27(21)25/h3-16,18,22H,2,17H2,1H3,(H,31,35)(H,32,34)/b30-18-/t22-/m1/s1. The molecule has 0 spiro atoms. The molecule has 0 unspecified atom stereocenters. The number of aromatic nitrogens is 1. The normalized spacial score (nSPS) is 11.7. The summed E-state index contributed by atoms with van der Waals surface area (Å²) in [5.41, 5.74) is 4.25. The second-order valence-electron chi connectivity index (χ2n) is 8.24. The van der Waals surface area contributed by atoms with Gasteiger partial charge >= 0.3 is 6.09 Å². The number of fused-ring (bicyclic) bond motifs is 1. The molecule has 0 saturated carbocycles. The SMILES string of the molecule is CCOC(=O)N[C@H](CC(=O)N/N=C\c1ccc(Sc2cccc3cccnc23)c([N+](=O)[O-])c1)c1ccccc1. The smallest absolute Gasteiger partial charge is 0.407 e. The molecule has 10 nitrogen and oxygen atoms in total. The summed E-state index contributed by atoms with van der Waals surface area (Å²) in [6, 6.07) is 22.6. The van der Waals surface area contributed by atoms with Crippen molar-refractivity contribution in [1.29, 1.82) is 0 Å². The number of pyridine rings is 1. The number of hydrogen-bond acceptors (Lipinski definition) is 8. The van der Waals surface area contributed by atoms with Gasteiger partial charge in [0, 0.05) is 28.1 Å². The van der Waals surface area contributed by atoms with E-state index in [1.807, 2.05) is 36.4 Å². The molecule has 0 saturated heterocycles. The molecule has 0 aliphatic rings. The summed E-state index contributed by atoms with van der Waals surface area (Å²) in [6.07, 6.45) is 2.29. The van der Waals surface area contributed by atoms with Crippen LogP contribution in [0.2, 0.25) is 0 Å². The first-order valence-electron chi connectivity index (χ1n) is 12.0. The topological polar surface area (TPSA) is 136 Å². The molecule has 4 aromatic rings. The number of carbonyl (C=O) groups excluding carboxylic acids is 2. The van der Waals surface area contributed by atoms with E-state index in [4.69, 9.17) is 4.74 Å². The van der Waals surface area contributed by atoms with Crippen molar-refractivity contribution in [2.75, 3.05) is 6.61 Å². The van der Waals surface area contributed by atoms with Crippen molar-refractivity contribution >= 4 is 46.6 Å². The number of nitrogens with zero attached hydrogens (tertiary/aromatic N) is 3. The molecule has 0 fully saturated rings. The molecule has 0 aliphatic heterocycles. The maximum atomic E-state index is 12.6. The zero-order chi connectivity index (χ0) is 27.6. The number of alkyl carbamates (subject to hydrolysis) is 1. The summed E-state index contributed by atoms with van der Waals surface area (Å²) >= 11 is 1.26. The van der Waals surface area contributed by atoms with Crippen LogP contribution in [0.4, 0.5) is 10.5 Å². The van der Waals surface area contributed by atoms with Crippen LogP contribution in [0.25, 0.3) is 10.9 Å². The van der Waals surface area contributed by atoms with E-state index in [1.54, 1.807) is 49.5 Å². The minimum absolute atomic E-state index is 0.0883. The molecular formula is C28H25N5O5S. The van der Waals surface area contributed by atoms with Crippen molar-refractivity contribution in [2.45, 2.75) is 29.2 Å². The van der Waals surface area contributed by atoms with Crippen LogP contribution in [-0.4, -0.2) is 34.7 Å². The Labute approximate surface area is 228 Å². The van der Waals surface area contributed by atoms with Crippen LogP contribution in [0, 0.1) is 10.1 Å². The number of hydrazone groups is 1. The van der Waals surface area contributed by atoms with E-state index < -0.39 is 23.0 Å². The lowest BCUT2D eigenvalue weighted by Crippen LogP contribution is -2.33. The summed E-state index contributed by atoms with van der Waals surface area (Å²) in [4.78, 5) is 41.5. The molecule has 4 rings (SSSR count). The highest BCUT2D eigenvalue weighted by molar-refractivity contribution is 7.99. The largest absolute Gasteiger partial charge is 0.450 e. The Kier molecular flexibility index (Phi) is 9.20. The van der Waals surface area contributed by atoms with E-state index in [0.29, 0.717) is 10.5 Å². The predicted octanol–water partition coefficient (Wildman–Crippen LogP) is 5.62. The van der Waals surface area contributed by atoms with Gasteiger partial charge in [-0.2, -0.15) is 5.10 Å². The molecule has 3 aromatic carbocycles. The maximum Gasteiger partial charge on any atom is 0.407 e. The molecule has 198 valence electrons. The van der Waals surface area contributed by atoms with Gasteiger partial charge in [-0.05, 0) is 30.7 Å². The molecular weight excluding hydrogens is 518 g/mol. The Morgan fingerprint density at radius 1 is 1.08 bits per heavy atom. The third kappa shape index (κ3) is 7.39. The Morgan fingerprint density at radius 3 is 2.64 bits per heavy atom. The monoisotopic (exact) mass is 543 g/mol. The fourth-order valence-corrected chi connectivity index (χ4v) is 4.81. The van der Waals surface area contributed by atoms with Gasteiger partial charge < -0.3 is 10.1 Å². The van der Waals surface area contributed by atoms with Gasteiger partial charge in [0.15, 0.2) is 0 Å². The van der Waals surface area contributed by atoms with Crippen molar-refractivity contribution in [1.82, 2.24) is 15.7 Å². The summed E-state index contributed by atoms with van der Waals surface area (Å²) < 4.78 is 4.94. The highest BCUT2D eigenvalue weighted by atomic mass is 32.2. The van der Waals surface area contributed by atoms with E-state index in [0.717, 1.165) is 21.4 Å². The number of benzene rings is 3. The van der Waals surface area contributed by atoms with E-state index in [2.05, 4.69) is 20.8 Å². The van der Waals surface area contributed by atoms with Gasteiger partial charge in [-0.15, -0.1) is 0 Å². The Balaban J connectivity index is 1.45. The number of nitro groups is 1. The minimum atomic E-state index is -0.632. The van der Waals surface area contributed by atoms with Gasteiger partial charge in [-0.3, -0.25) is 19.9 Å². The van der Waals surface area contributed by atoms with Crippen molar-refractivity contribution in [3.8, 4) is 0 Å². The number of rotatable bonds is 10. The lowest BCUT2D eigenvalue weighted by Gasteiger charge is -2.18. The summed E-state index contributed by atoms with van der Waals surface area (Å²) in [5, 5.41) is 19.4. The molecule has 2 N–H and O–H groups in total. The van der Waals surface area contributed by atoms with Crippen molar-refractivity contribution in [3.05, 3.63) is 106 Å². The highest BCUT2D eigenvalue weighted by Crippen LogP contribution is 2.37. The van der Waals surface area contributed by atoms with Gasteiger partial charge in [-0.1, -0.05) is 66.4 Å². The molecule has 2 amide bonds. The first kappa shape index (κ1) is 27.3. The van der Waals surface area contributed by atoms with Crippen LogP contribution in [0.5, 0.6) is 0 Å². The van der Waals surface area contributed by atoms with Crippen LogP contribution in [0.3, 0.4) is 0 Å². The zero-order valence-electron chi connectivity index (χ0n) is 20.9. The number of amides is 2. The van der Waals surface area contributed by atoms with E-state index in [9.17, 15) is 19.7 Å². The van der Waals surface area contributed by atoms with Crippen molar-refractivity contribution in [3.63, 3.8) is 0 Å². The Bertz CT molecular complexity index is 1510. The van der Waals surface area contributed by atoms with Crippen LogP contribution >= 0.6 is 11.8 Å². The molecule has 0 radical (unpaired) electrons. The first-order chi connectivity index (χ1) is 18.9. The van der Waals surface area contributed by atoms with Gasteiger partial charge in [0.1, 0.15) is 0 Å². The predicted molar refractivity (Wildman–Crippen MR) is 149 cm³/mol. The third-order valence-electron chi connectivity index (χ3n) is 5.56. The number of ether oxygens (including phenoxy) is 1. The van der Waals surface area contributed by atoms with Crippen molar-refractivity contribution in [2.24, 2.45) is 5.10 Å². The van der Waals surface area contributed by atoms with Gasteiger partial charge in [0.2, 0.25) is 5.91 Å². The molecule has 1 aromatic heterocycles. The lowest BCUT2D eigenvalue weighted by atomic mass is 10.0. The fraction of sp³-hybridized carbons (Fsp3) is 0.143. The fourth-order valence-electron chi connectivity index (χ4n) is 3.78. The van der Waals surface area contributed by atoms with Gasteiger partial charge in [-0.25, -0.2) is 10.2 Å². The van der Waals surface area contributed by atoms with Gasteiger partial charge in [0.05, 0.1) is 40.6 Å². The molecule has 0 aliphatic carbocycles. The number of para-hydroxylation sites is 1. The molecule has 1 atom stereocenters. The second-order valence-corrected chi connectivity index (χ2v) is 9.33. The van der Waals surface area contributed by atoms with E-state index >= 15 is 0 Å². The average Bonchev–Trinajstić information content (AvgIpc) is 2.94. The van der Waals surface area contributed by atoms with E-state index in [1.165, 1.54) is 24.0 Å².